The number of carbonyl (C=O) groups excluding carboxylic acids is 2. The number of amides is 2. The highest BCUT2D eigenvalue weighted by Crippen LogP contribution is 2.32. The van der Waals surface area contributed by atoms with E-state index in [1.807, 2.05) is 62.4 Å². The van der Waals surface area contributed by atoms with Crippen LogP contribution in [0.15, 0.2) is 67.0 Å². The van der Waals surface area contributed by atoms with E-state index in [1.165, 1.54) is 16.2 Å². The van der Waals surface area contributed by atoms with Crippen molar-refractivity contribution in [1.82, 2.24) is 9.88 Å². The Hall–Kier alpha value is -3.52. The van der Waals surface area contributed by atoms with Crippen LogP contribution < -0.4 is 5.73 Å². The van der Waals surface area contributed by atoms with Crippen LogP contribution in [-0.4, -0.2) is 44.4 Å². The SMILES string of the molecule is CC(C)(Cc1ccccc1)N(C(=O)c1ccc(-c2cccnc2)s1)[C@@H](CCC(N)=O)C(=O)O. The number of thiophene rings is 1. The number of benzene rings is 1. The van der Waals surface area contributed by atoms with E-state index in [1.54, 1.807) is 18.5 Å². The average molecular weight is 466 g/mol. The van der Waals surface area contributed by atoms with Gasteiger partial charge in [0.15, 0.2) is 0 Å². The van der Waals surface area contributed by atoms with Gasteiger partial charge in [-0.2, -0.15) is 0 Å². The Morgan fingerprint density at radius 3 is 2.42 bits per heavy atom. The van der Waals surface area contributed by atoms with Gasteiger partial charge in [-0.05, 0) is 50.5 Å². The third kappa shape index (κ3) is 6.04. The van der Waals surface area contributed by atoms with Gasteiger partial charge in [0.1, 0.15) is 6.04 Å². The van der Waals surface area contributed by atoms with Gasteiger partial charge in [-0.25, -0.2) is 4.79 Å². The summed E-state index contributed by atoms with van der Waals surface area (Å²) in [7, 11) is 0. The minimum absolute atomic E-state index is 0.0601. The molecule has 0 bridgehead atoms. The highest BCUT2D eigenvalue weighted by atomic mass is 32.1. The molecule has 0 unspecified atom stereocenters. The second-order valence-electron chi connectivity index (χ2n) is 8.41. The van der Waals surface area contributed by atoms with Crippen LogP contribution in [0.1, 0.15) is 41.9 Å². The minimum Gasteiger partial charge on any atom is -0.480 e. The molecule has 0 radical (unpaired) electrons. The maximum Gasteiger partial charge on any atom is 0.326 e. The largest absolute Gasteiger partial charge is 0.480 e. The van der Waals surface area contributed by atoms with Gasteiger partial charge in [-0.15, -0.1) is 11.3 Å². The molecule has 2 heterocycles. The first-order valence-electron chi connectivity index (χ1n) is 10.6. The molecular formula is C25H27N3O4S. The van der Waals surface area contributed by atoms with Gasteiger partial charge < -0.3 is 15.7 Å². The standard InChI is InChI=1S/C25H27N3O4S/c1-25(2,15-17-7-4-3-5-8-17)28(19(24(31)32)10-13-22(26)29)23(30)21-12-11-20(33-21)18-9-6-14-27-16-18/h3-9,11-12,14,16,19H,10,13,15H2,1-2H3,(H2,26,29)(H,31,32)/t19-/m0/s1. The van der Waals surface area contributed by atoms with Crippen molar-refractivity contribution in [1.29, 1.82) is 0 Å². The summed E-state index contributed by atoms with van der Waals surface area (Å²) in [6.45, 7) is 3.68. The zero-order valence-electron chi connectivity index (χ0n) is 18.6. The van der Waals surface area contributed by atoms with Crippen LogP contribution in [0.25, 0.3) is 10.4 Å². The topological polar surface area (TPSA) is 114 Å². The molecule has 3 rings (SSSR count). The van der Waals surface area contributed by atoms with Crippen LogP contribution in [-0.2, 0) is 16.0 Å². The normalized spacial score (nSPS) is 12.2. The second kappa shape index (κ2) is 10.4. The molecule has 2 amide bonds. The van der Waals surface area contributed by atoms with Crippen LogP contribution in [0, 0.1) is 0 Å². The zero-order valence-corrected chi connectivity index (χ0v) is 19.4. The summed E-state index contributed by atoms with van der Waals surface area (Å²) in [5.74, 6) is -2.17. The lowest BCUT2D eigenvalue weighted by molar-refractivity contribution is -0.144. The summed E-state index contributed by atoms with van der Waals surface area (Å²) in [5.41, 5.74) is 6.29. The van der Waals surface area contributed by atoms with E-state index >= 15 is 0 Å². The van der Waals surface area contributed by atoms with Gasteiger partial charge in [0.05, 0.1) is 4.88 Å². The number of hydrogen-bond acceptors (Lipinski definition) is 5. The van der Waals surface area contributed by atoms with Gasteiger partial charge in [-0.3, -0.25) is 14.6 Å². The van der Waals surface area contributed by atoms with Crippen LogP contribution in [0.3, 0.4) is 0 Å². The monoisotopic (exact) mass is 465 g/mol. The number of rotatable bonds is 10. The molecule has 8 heteroatoms. The van der Waals surface area contributed by atoms with Gasteiger partial charge >= 0.3 is 5.97 Å². The molecule has 0 saturated heterocycles. The van der Waals surface area contributed by atoms with Crippen LogP contribution in [0.5, 0.6) is 0 Å². The Balaban J connectivity index is 1.99. The molecule has 33 heavy (non-hydrogen) atoms. The minimum atomic E-state index is -1.20. The van der Waals surface area contributed by atoms with Crippen LogP contribution in [0.2, 0.25) is 0 Å². The van der Waals surface area contributed by atoms with Crippen molar-refractivity contribution in [2.45, 2.75) is 44.7 Å². The number of aromatic nitrogens is 1. The number of carboxylic acids is 1. The molecule has 0 aliphatic rings. The number of pyridine rings is 1. The molecule has 2 aromatic heterocycles. The lowest BCUT2D eigenvalue weighted by atomic mass is 9.90. The molecule has 7 nitrogen and oxygen atoms in total. The number of aliphatic carboxylic acids is 1. The van der Waals surface area contributed by atoms with Crippen molar-refractivity contribution in [3.8, 4) is 10.4 Å². The smallest absolute Gasteiger partial charge is 0.326 e. The number of nitrogens with zero attached hydrogens (tertiary/aromatic N) is 2. The lowest BCUT2D eigenvalue weighted by Gasteiger charge is -2.42. The molecule has 0 spiro atoms. The number of carboxylic acid groups (broad SMARTS) is 1. The molecular weight excluding hydrogens is 438 g/mol. The quantitative estimate of drug-likeness (QED) is 0.470. The maximum absolute atomic E-state index is 13.8. The summed E-state index contributed by atoms with van der Waals surface area (Å²) in [4.78, 5) is 44.2. The molecule has 3 N–H and O–H groups in total. The fourth-order valence-electron chi connectivity index (χ4n) is 3.90. The summed E-state index contributed by atoms with van der Waals surface area (Å²) in [5, 5.41) is 10.0. The number of primary amides is 1. The molecule has 172 valence electrons. The van der Waals surface area contributed by atoms with Gasteiger partial charge in [-0.1, -0.05) is 36.4 Å². The van der Waals surface area contributed by atoms with Crippen molar-refractivity contribution in [2.75, 3.05) is 0 Å². The van der Waals surface area contributed by atoms with E-state index in [0.717, 1.165) is 16.0 Å². The predicted molar refractivity (Wildman–Crippen MR) is 128 cm³/mol. The summed E-state index contributed by atoms with van der Waals surface area (Å²) >= 11 is 1.28. The average Bonchev–Trinajstić information content (AvgIpc) is 3.27. The Labute approximate surface area is 196 Å². The first-order chi connectivity index (χ1) is 15.7. The van der Waals surface area contributed by atoms with E-state index in [4.69, 9.17) is 5.73 Å². The summed E-state index contributed by atoms with van der Waals surface area (Å²) in [6.07, 6.45) is 3.64. The Morgan fingerprint density at radius 2 is 1.82 bits per heavy atom. The van der Waals surface area contributed by atoms with E-state index in [-0.39, 0.29) is 12.8 Å². The third-order valence-corrected chi connectivity index (χ3v) is 6.50. The first-order valence-corrected chi connectivity index (χ1v) is 11.4. The van der Waals surface area contributed by atoms with Crippen LogP contribution in [0.4, 0.5) is 0 Å². The van der Waals surface area contributed by atoms with Gasteiger partial charge in [0.2, 0.25) is 5.91 Å². The summed E-state index contributed by atoms with van der Waals surface area (Å²) < 4.78 is 0. The Bertz CT molecular complexity index is 1110. The highest BCUT2D eigenvalue weighted by molar-refractivity contribution is 7.17. The molecule has 0 aliphatic heterocycles. The number of nitrogens with two attached hydrogens (primary N) is 1. The van der Waals surface area contributed by atoms with E-state index < -0.39 is 29.4 Å². The second-order valence-corrected chi connectivity index (χ2v) is 9.50. The van der Waals surface area contributed by atoms with E-state index in [2.05, 4.69) is 4.98 Å². The van der Waals surface area contributed by atoms with Crippen molar-refractivity contribution < 1.29 is 19.5 Å². The number of hydrogen-bond donors (Lipinski definition) is 2. The highest BCUT2D eigenvalue weighted by Gasteiger charge is 2.41. The molecule has 0 fully saturated rings. The first kappa shape index (κ1) is 24.1. The van der Waals surface area contributed by atoms with E-state index in [0.29, 0.717) is 11.3 Å². The zero-order chi connectivity index (χ0) is 24.0. The maximum atomic E-state index is 13.8. The van der Waals surface area contributed by atoms with Gasteiger partial charge in [0, 0.05) is 34.8 Å². The Kier molecular flexibility index (Phi) is 7.60. The summed E-state index contributed by atoms with van der Waals surface area (Å²) in [6, 6.07) is 15.6. The molecule has 3 aromatic rings. The van der Waals surface area contributed by atoms with E-state index in [9.17, 15) is 19.5 Å². The lowest BCUT2D eigenvalue weighted by Crippen LogP contribution is -2.57. The molecule has 0 aliphatic carbocycles. The van der Waals surface area contributed by atoms with Gasteiger partial charge in [0.25, 0.3) is 5.91 Å². The Morgan fingerprint density at radius 1 is 1.09 bits per heavy atom. The molecule has 1 atom stereocenters. The van der Waals surface area contributed by atoms with Crippen molar-refractivity contribution in [3.63, 3.8) is 0 Å². The van der Waals surface area contributed by atoms with Crippen molar-refractivity contribution in [3.05, 3.63) is 77.4 Å². The fraction of sp³-hybridized carbons (Fsp3) is 0.280. The van der Waals surface area contributed by atoms with Crippen molar-refractivity contribution >= 4 is 29.1 Å². The number of carbonyl (C=O) groups is 3. The van der Waals surface area contributed by atoms with Crippen molar-refractivity contribution in [2.24, 2.45) is 5.73 Å². The van der Waals surface area contributed by atoms with Crippen LogP contribution >= 0.6 is 11.3 Å². The predicted octanol–water partition coefficient (Wildman–Crippen LogP) is 3.99. The third-order valence-electron chi connectivity index (χ3n) is 5.37. The molecule has 0 saturated carbocycles. The fourth-order valence-corrected chi connectivity index (χ4v) is 4.83. The molecule has 1 aromatic carbocycles.